The van der Waals surface area contributed by atoms with E-state index in [1.807, 2.05) is 34.2 Å². The van der Waals surface area contributed by atoms with Gasteiger partial charge in [0.15, 0.2) is 12.4 Å². The van der Waals surface area contributed by atoms with Gasteiger partial charge in [-0.15, -0.1) is 0 Å². The number of carbonyl (C=O) groups is 1. The molecular formula is C12H23NO4S2. The molecule has 112 valence electrons. The Kier molecular flexibility index (Phi) is 7.53. The lowest BCUT2D eigenvalue weighted by molar-refractivity contribution is -0.248. The third-order valence-corrected chi connectivity index (χ3v) is 4.27. The van der Waals surface area contributed by atoms with Gasteiger partial charge in [0.05, 0.1) is 12.1 Å². The molecule has 0 N–H and O–H groups in total. The van der Waals surface area contributed by atoms with Gasteiger partial charge in [-0.2, -0.15) is 0 Å². The molecule has 1 aliphatic heterocycles. The molecule has 1 rings (SSSR count). The van der Waals surface area contributed by atoms with Crippen molar-refractivity contribution < 1.29 is 19.0 Å². The van der Waals surface area contributed by atoms with Crippen LogP contribution in [0, 0.1) is 0 Å². The molecular weight excluding hydrogens is 286 g/mol. The minimum absolute atomic E-state index is 0.0899. The summed E-state index contributed by atoms with van der Waals surface area (Å²) >= 11 is 0. The van der Waals surface area contributed by atoms with Crippen LogP contribution in [0.2, 0.25) is 0 Å². The van der Waals surface area contributed by atoms with Gasteiger partial charge in [-0.25, -0.2) is 4.79 Å². The van der Waals surface area contributed by atoms with Crippen LogP contribution in [-0.2, 0) is 14.2 Å². The number of hydrogen-bond acceptors (Lipinski definition) is 7. The quantitative estimate of drug-likeness (QED) is 0.571. The monoisotopic (exact) mass is 309 g/mol. The predicted molar refractivity (Wildman–Crippen MR) is 79.4 cm³/mol. The smallest absolute Gasteiger partial charge is 0.378 e. The Bertz CT molecular complexity index is 291. The molecule has 1 saturated heterocycles. The fraction of sp³-hybridized carbons (Fsp3) is 0.917. The number of likely N-dealkylation sites (N-methyl/N-ethyl adjacent to an activating group) is 1. The van der Waals surface area contributed by atoms with E-state index in [9.17, 15) is 4.79 Å². The number of nitrogens with zero attached hydrogens (tertiary/aromatic N) is 1. The molecule has 1 aliphatic rings. The largest absolute Gasteiger partial charge is 0.447 e. The number of ether oxygens (including phenoxy) is 3. The second-order valence-electron chi connectivity index (χ2n) is 4.62. The van der Waals surface area contributed by atoms with Crippen LogP contribution in [0.5, 0.6) is 0 Å². The summed E-state index contributed by atoms with van der Waals surface area (Å²) in [6, 6.07) is 0.103. The Labute approximate surface area is 123 Å². The summed E-state index contributed by atoms with van der Waals surface area (Å²) in [5, 5.41) is -0.299. The second kappa shape index (κ2) is 8.36. The van der Waals surface area contributed by atoms with Crippen molar-refractivity contribution in [3.05, 3.63) is 0 Å². The van der Waals surface area contributed by atoms with Crippen molar-refractivity contribution in [2.75, 3.05) is 27.0 Å². The molecule has 0 radical (unpaired) electrons. The van der Waals surface area contributed by atoms with Gasteiger partial charge in [0.1, 0.15) is 0 Å². The molecule has 5 nitrogen and oxygen atoms in total. The van der Waals surface area contributed by atoms with Crippen LogP contribution in [0.1, 0.15) is 20.3 Å². The van der Waals surface area contributed by atoms with Gasteiger partial charge in [-0.05, 0) is 40.6 Å². The maximum absolute atomic E-state index is 11.7. The van der Waals surface area contributed by atoms with E-state index in [2.05, 4.69) is 4.90 Å². The number of rotatable bonds is 5. The minimum Gasteiger partial charge on any atom is -0.447 e. The van der Waals surface area contributed by atoms with E-state index in [0.29, 0.717) is 6.61 Å². The van der Waals surface area contributed by atoms with Crippen LogP contribution >= 0.6 is 21.6 Å². The van der Waals surface area contributed by atoms with E-state index >= 15 is 0 Å². The van der Waals surface area contributed by atoms with Crippen LogP contribution in [0.4, 0.5) is 4.79 Å². The summed E-state index contributed by atoms with van der Waals surface area (Å²) in [5.74, 6) is 0. The first-order chi connectivity index (χ1) is 8.99. The van der Waals surface area contributed by atoms with Crippen LogP contribution in [-0.4, -0.2) is 61.7 Å². The Morgan fingerprint density at radius 2 is 2.16 bits per heavy atom. The van der Waals surface area contributed by atoms with Crippen molar-refractivity contribution in [2.45, 2.75) is 44.8 Å². The standard InChI is InChI=1S/C12H23NO4S2/c1-6-15-11-10(17-12(14)19-18-5)9(13(3)4)7-8(2)16-11/h8-11H,6-7H2,1-5H3/t8-,9+,10-,11?/m1/s1. The van der Waals surface area contributed by atoms with E-state index in [4.69, 9.17) is 14.2 Å². The normalized spacial score (nSPS) is 31.5. The summed E-state index contributed by atoms with van der Waals surface area (Å²) in [6.45, 7) is 4.45. The lowest BCUT2D eigenvalue weighted by Gasteiger charge is -2.42. The van der Waals surface area contributed by atoms with Gasteiger partial charge in [0, 0.05) is 17.4 Å². The second-order valence-corrected chi connectivity index (χ2v) is 6.95. The average molecular weight is 309 g/mol. The van der Waals surface area contributed by atoms with Crippen molar-refractivity contribution in [1.82, 2.24) is 4.90 Å². The molecule has 19 heavy (non-hydrogen) atoms. The molecule has 1 fully saturated rings. The SMILES string of the molecule is CCOC1O[C@H](C)C[C@H](N(C)C)[C@H]1OC(=O)SSC. The summed E-state index contributed by atoms with van der Waals surface area (Å²) in [4.78, 5) is 13.8. The molecule has 0 spiro atoms. The predicted octanol–water partition coefficient (Wildman–Crippen LogP) is 2.60. The minimum atomic E-state index is -0.493. The first-order valence-corrected chi connectivity index (χ1v) is 8.90. The lowest BCUT2D eigenvalue weighted by atomic mass is 9.99. The van der Waals surface area contributed by atoms with Gasteiger partial charge in [-0.1, -0.05) is 10.8 Å². The molecule has 1 heterocycles. The first-order valence-electron chi connectivity index (χ1n) is 6.34. The Morgan fingerprint density at radius 3 is 2.68 bits per heavy atom. The molecule has 0 aromatic carbocycles. The third kappa shape index (κ3) is 5.15. The van der Waals surface area contributed by atoms with Crippen LogP contribution in [0.15, 0.2) is 0 Å². The zero-order valence-corrected chi connectivity index (χ0v) is 13.8. The van der Waals surface area contributed by atoms with E-state index < -0.39 is 12.4 Å². The summed E-state index contributed by atoms with van der Waals surface area (Å²) in [7, 11) is 6.42. The highest BCUT2D eigenvalue weighted by molar-refractivity contribution is 8.81. The molecule has 1 unspecified atom stereocenters. The third-order valence-electron chi connectivity index (χ3n) is 2.97. The summed E-state index contributed by atoms with van der Waals surface area (Å²) in [5.41, 5.74) is 0. The highest BCUT2D eigenvalue weighted by Crippen LogP contribution is 2.29. The molecule has 0 aliphatic carbocycles. The molecule has 0 saturated carbocycles. The highest BCUT2D eigenvalue weighted by atomic mass is 33.1. The molecule has 4 atom stereocenters. The fourth-order valence-electron chi connectivity index (χ4n) is 2.15. The maximum atomic E-state index is 11.7. The van der Waals surface area contributed by atoms with Crippen molar-refractivity contribution in [3.63, 3.8) is 0 Å². The van der Waals surface area contributed by atoms with Gasteiger partial charge >= 0.3 is 5.30 Å². The first kappa shape index (κ1) is 17.1. The van der Waals surface area contributed by atoms with Gasteiger partial charge < -0.3 is 19.1 Å². The molecule has 0 aromatic heterocycles. The van der Waals surface area contributed by atoms with Crippen molar-refractivity contribution in [2.24, 2.45) is 0 Å². The van der Waals surface area contributed by atoms with E-state index in [1.165, 1.54) is 10.8 Å². The maximum Gasteiger partial charge on any atom is 0.378 e. The van der Waals surface area contributed by atoms with E-state index in [1.54, 1.807) is 0 Å². The highest BCUT2D eigenvalue weighted by Gasteiger charge is 2.41. The Balaban J connectivity index is 2.78. The van der Waals surface area contributed by atoms with Crippen molar-refractivity contribution >= 4 is 26.9 Å². The van der Waals surface area contributed by atoms with Crippen molar-refractivity contribution in [1.29, 1.82) is 0 Å². The Hall–Kier alpha value is 0.0500. The lowest BCUT2D eigenvalue weighted by Crippen LogP contribution is -2.55. The Morgan fingerprint density at radius 1 is 1.47 bits per heavy atom. The van der Waals surface area contributed by atoms with Crippen LogP contribution in [0.3, 0.4) is 0 Å². The van der Waals surface area contributed by atoms with E-state index in [-0.39, 0.29) is 17.4 Å². The zero-order chi connectivity index (χ0) is 14.4. The topological polar surface area (TPSA) is 48.0 Å². The molecule has 7 heteroatoms. The molecule has 0 aromatic rings. The van der Waals surface area contributed by atoms with Gasteiger partial charge in [0.2, 0.25) is 0 Å². The molecule has 0 bridgehead atoms. The van der Waals surface area contributed by atoms with Gasteiger partial charge in [-0.3, -0.25) is 0 Å². The average Bonchev–Trinajstić information content (AvgIpc) is 2.32. The number of carbonyl (C=O) groups excluding carboxylic acids is 1. The van der Waals surface area contributed by atoms with Crippen molar-refractivity contribution in [3.8, 4) is 0 Å². The zero-order valence-electron chi connectivity index (χ0n) is 12.1. The summed E-state index contributed by atoms with van der Waals surface area (Å²) in [6.07, 6.45) is 1.87. The van der Waals surface area contributed by atoms with Crippen LogP contribution < -0.4 is 0 Å². The fourth-order valence-corrected chi connectivity index (χ4v) is 2.97. The molecule has 0 amide bonds. The van der Waals surface area contributed by atoms with Crippen LogP contribution in [0.25, 0.3) is 0 Å². The van der Waals surface area contributed by atoms with E-state index in [0.717, 1.165) is 17.2 Å². The van der Waals surface area contributed by atoms with Gasteiger partial charge in [0.25, 0.3) is 0 Å². The number of hydrogen-bond donors (Lipinski definition) is 0. The summed E-state index contributed by atoms with van der Waals surface area (Å²) < 4.78 is 16.9.